The van der Waals surface area contributed by atoms with E-state index in [9.17, 15) is 4.79 Å². The summed E-state index contributed by atoms with van der Waals surface area (Å²) in [5.41, 5.74) is 3.61. The van der Waals surface area contributed by atoms with Gasteiger partial charge >= 0.3 is 0 Å². The summed E-state index contributed by atoms with van der Waals surface area (Å²) in [4.78, 5) is 10.5. The second kappa shape index (κ2) is 4.11. The van der Waals surface area contributed by atoms with E-state index in [0.717, 1.165) is 18.6 Å². The summed E-state index contributed by atoms with van der Waals surface area (Å²) < 4.78 is 0. The van der Waals surface area contributed by atoms with E-state index in [2.05, 4.69) is 10.5 Å². The van der Waals surface area contributed by atoms with Crippen molar-refractivity contribution < 1.29 is 4.79 Å². The van der Waals surface area contributed by atoms with Gasteiger partial charge in [0.05, 0.1) is 0 Å². The molecule has 3 nitrogen and oxygen atoms in total. The largest absolute Gasteiger partial charge is 0.274 e. The summed E-state index contributed by atoms with van der Waals surface area (Å²) in [6.45, 7) is 1.48. The first-order valence-electron chi connectivity index (χ1n) is 4.11. The fraction of sp³-hybridized carbons (Fsp3) is 0.750. The minimum atomic E-state index is -0.0805. The number of nitrogens with zero attached hydrogens (tertiary/aromatic N) is 1. The van der Waals surface area contributed by atoms with Crippen LogP contribution in [0.25, 0.3) is 0 Å². The van der Waals surface area contributed by atoms with Crippen molar-refractivity contribution in [2.45, 2.75) is 39.0 Å². The molecule has 0 aromatic heterocycles. The highest BCUT2D eigenvalue weighted by atomic mass is 16.2. The van der Waals surface area contributed by atoms with Crippen molar-refractivity contribution in [1.82, 2.24) is 5.43 Å². The van der Waals surface area contributed by atoms with Gasteiger partial charge in [0, 0.05) is 12.6 Å². The van der Waals surface area contributed by atoms with Gasteiger partial charge in [-0.05, 0) is 25.7 Å². The number of carbonyl (C=O) groups excluding carboxylic acids is 1. The Bertz CT molecular complexity index is 167. The zero-order chi connectivity index (χ0) is 8.10. The van der Waals surface area contributed by atoms with Gasteiger partial charge in [-0.1, -0.05) is 6.42 Å². The number of amides is 1. The maximum Gasteiger partial charge on any atom is 0.236 e. The molecule has 0 spiro atoms. The maximum atomic E-state index is 10.5. The number of hydrogen-bond donors (Lipinski definition) is 1. The molecule has 0 unspecified atom stereocenters. The quantitative estimate of drug-likeness (QED) is 0.570. The second-order valence-corrected chi connectivity index (χ2v) is 2.91. The van der Waals surface area contributed by atoms with Crippen molar-refractivity contribution in [2.75, 3.05) is 0 Å². The molecule has 0 aliphatic heterocycles. The van der Waals surface area contributed by atoms with E-state index >= 15 is 0 Å². The van der Waals surface area contributed by atoms with Crippen LogP contribution in [0.2, 0.25) is 0 Å². The molecule has 1 aliphatic carbocycles. The molecule has 0 aromatic rings. The summed E-state index contributed by atoms with van der Waals surface area (Å²) in [6.07, 6.45) is 5.86. The van der Waals surface area contributed by atoms with Gasteiger partial charge in [0.2, 0.25) is 5.91 Å². The van der Waals surface area contributed by atoms with E-state index in [1.807, 2.05) is 0 Å². The van der Waals surface area contributed by atoms with Crippen LogP contribution in [0.3, 0.4) is 0 Å². The zero-order valence-corrected chi connectivity index (χ0v) is 6.89. The molecule has 0 bridgehead atoms. The van der Waals surface area contributed by atoms with Gasteiger partial charge in [0.15, 0.2) is 0 Å². The molecule has 1 aliphatic rings. The lowest BCUT2D eigenvalue weighted by molar-refractivity contribution is -0.118. The first-order chi connectivity index (χ1) is 5.29. The number of nitrogens with one attached hydrogen (secondary N) is 1. The average molecular weight is 154 g/mol. The van der Waals surface area contributed by atoms with Crippen LogP contribution in [-0.4, -0.2) is 11.6 Å². The van der Waals surface area contributed by atoms with Crippen molar-refractivity contribution in [2.24, 2.45) is 5.10 Å². The monoisotopic (exact) mass is 154 g/mol. The molecule has 0 heterocycles. The number of hydrogen-bond acceptors (Lipinski definition) is 2. The molecule has 0 aromatic carbocycles. The molecule has 0 atom stereocenters. The van der Waals surface area contributed by atoms with Crippen molar-refractivity contribution >= 4 is 11.6 Å². The Morgan fingerprint density at radius 3 is 2.55 bits per heavy atom. The molecule has 0 saturated heterocycles. The highest BCUT2D eigenvalue weighted by Gasteiger charge is 2.06. The van der Waals surface area contributed by atoms with Crippen LogP contribution in [0.5, 0.6) is 0 Å². The van der Waals surface area contributed by atoms with Crippen LogP contribution in [-0.2, 0) is 4.79 Å². The van der Waals surface area contributed by atoms with Crippen LogP contribution in [0.4, 0.5) is 0 Å². The minimum absolute atomic E-state index is 0.0805. The Morgan fingerprint density at radius 2 is 2.00 bits per heavy atom. The van der Waals surface area contributed by atoms with E-state index in [1.54, 1.807) is 0 Å². The predicted octanol–water partition coefficient (Wildman–Crippen LogP) is 1.44. The molecule has 1 fully saturated rings. The summed E-state index contributed by atoms with van der Waals surface area (Å²) >= 11 is 0. The molecular formula is C8H14N2O. The molecular weight excluding hydrogens is 140 g/mol. The Morgan fingerprint density at radius 1 is 1.36 bits per heavy atom. The Balaban J connectivity index is 2.32. The highest BCUT2D eigenvalue weighted by molar-refractivity contribution is 5.86. The lowest BCUT2D eigenvalue weighted by Gasteiger charge is -2.11. The fourth-order valence-corrected chi connectivity index (χ4v) is 1.23. The van der Waals surface area contributed by atoms with Crippen LogP contribution < -0.4 is 5.43 Å². The van der Waals surface area contributed by atoms with Crippen molar-refractivity contribution in [3.8, 4) is 0 Å². The third-order valence-electron chi connectivity index (χ3n) is 1.80. The summed E-state index contributed by atoms with van der Waals surface area (Å²) in [5.74, 6) is -0.0805. The molecule has 1 rings (SSSR count). The minimum Gasteiger partial charge on any atom is -0.274 e. The van der Waals surface area contributed by atoms with E-state index in [0.29, 0.717) is 0 Å². The highest BCUT2D eigenvalue weighted by Crippen LogP contribution is 2.13. The first-order valence-corrected chi connectivity index (χ1v) is 4.11. The Labute approximate surface area is 66.9 Å². The van der Waals surface area contributed by atoms with Gasteiger partial charge in [-0.3, -0.25) is 4.79 Å². The Kier molecular flexibility index (Phi) is 3.08. The second-order valence-electron chi connectivity index (χ2n) is 2.91. The Hall–Kier alpha value is -0.860. The summed E-state index contributed by atoms with van der Waals surface area (Å²) in [7, 11) is 0. The van der Waals surface area contributed by atoms with Crippen LogP contribution in [0.15, 0.2) is 5.10 Å². The van der Waals surface area contributed by atoms with Crippen LogP contribution in [0.1, 0.15) is 39.0 Å². The van der Waals surface area contributed by atoms with E-state index < -0.39 is 0 Å². The van der Waals surface area contributed by atoms with E-state index in [4.69, 9.17) is 0 Å². The standard InChI is InChI=1S/C8H14N2O/c1-7(11)9-10-8-5-3-2-4-6-8/h2-6H2,1H3,(H,9,11). The average Bonchev–Trinajstić information content (AvgIpc) is 2.03. The van der Waals surface area contributed by atoms with Crippen molar-refractivity contribution in [3.05, 3.63) is 0 Å². The van der Waals surface area contributed by atoms with Gasteiger partial charge in [-0.15, -0.1) is 0 Å². The third kappa shape index (κ3) is 3.16. The third-order valence-corrected chi connectivity index (χ3v) is 1.80. The van der Waals surface area contributed by atoms with Gasteiger partial charge < -0.3 is 0 Å². The summed E-state index contributed by atoms with van der Waals surface area (Å²) in [6, 6.07) is 0. The van der Waals surface area contributed by atoms with Gasteiger partial charge in [0.1, 0.15) is 0 Å². The molecule has 62 valence electrons. The zero-order valence-electron chi connectivity index (χ0n) is 6.89. The van der Waals surface area contributed by atoms with E-state index in [-0.39, 0.29) is 5.91 Å². The normalized spacial score (nSPS) is 17.7. The predicted molar refractivity (Wildman–Crippen MR) is 44.3 cm³/mol. The molecule has 11 heavy (non-hydrogen) atoms. The number of rotatable bonds is 1. The molecule has 1 saturated carbocycles. The summed E-state index contributed by atoms with van der Waals surface area (Å²) in [5, 5.41) is 4.00. The van der Waals surface area contributed by atoms with Crippen molar-refractivity contribution in [3.63, 3.8) is 0 Å². The molecule has 3 heteroatoms. The van der Waals surface area contributed by atoms with Crippen LogP contribution in [0, 0.1) is 0 Å². The van der Waals surface area contributed by atoms with Gasteiger partial charge in [-0.2, -0.15) is 5.10 Å². The SMILES string of the molecule is CC(=O)NN=C1CCCCC1. The smallest absolute Gasteiger partial charge is 0.236 e. The van der Waals surface area contributed by atoms with Gasteiger partial charge in [-0.25, -0.2) is 5.43 Å². The molecule has 1 amide bonds. The number of carbonyl (C=O) groups is 1. The van der Waals surface area contributed by atoms with E-state index in [1.165, 1.54) is 26.2 Å². The number of hydrazone groups is 1. The fourth-order valence-electron chi connectivity index (χ4n) is 1.23. The lowest BCUT2D eigenvalue weighted by atomic mass is 9.99. The first kappa shape index (κ1) is 8.24. The van der Waals surface area contributed by atoms with Gasteiger partial charge in [0.25, 0.3) is 0 Å². The lowest BCUT2D eigenvalue weighted by Crippen LogP contribution is -2.17. The molecule has 0 radical (unpaired) electrons. The maximum absolute atomic E-state index is 10.5. The van der Waals surface area contributed by atoms with Crippen LogP contribution >= 0.6 is 0 Å². The molecule has 1 N–H and O–H groups in total. The topological polar surface area (TPSA) is 41.5 Å². The van der Waals surface area contributed by atoms with Crippen molar-refractivity contribution in [1.29, 1.82) is 0 Å².